The molecule has 0 saturated heterocycles. The molecule has 0 N–H and O–H groups in total. The van der Waals surface area contributed by atoms with Crippen LogP contribution in [-0.4, -0.2) is 4.98 Å². The fraction of sp³-hybridized carbons (Fsp3) is 0. The molecular weight excluding hydrogens is 657 g/mol. The number of hydrogen-bond donors (Lipinski definition) is 0. The van der Waals surface area contributed by atoms with Gasteiger partial charge in [-0.1, -0.05) is 158 Å². The summed E-state index contributed by atoms with van der Waals surface area (Å²) in [5.74, 6) is 0. The molecule has 0 radical (unpaired) electrons. The van der Waals surface area contributed by atoms with E-state index in [1.54, 1.807) is 0 Å². The third-order valence-electron chi connectivity index (χ3n) is 10.9. The smallest absolute Gasteiger partial charge is 0.143 e. The Morgan fingerprint density at radius 3 is 1.85 bits per heavy atom. The predicted octanol–water partition coefficient (Wildman–Crippen LogP) is 14.3. The normalized spacial score (nSPS) is 11.7. The van der Waals surface area contributed by atoms with Crippen molar-refractivity contribution in [3.05, 3.63) is 194 Å². The number of anilines is 3. The first-order chi connectivity index (χ1) is 26.8. The second-order valence-electron chi connectivity index (χ2n) is 13.9. The molecule has 0 aliphatic rings. The van der Waals surface area contributed by atoms with Gasteiger partial charge in [-0.2, -0.15) is 0 Å². The van der Waals surface area contributed by atoms with Gasteiger partial charge in [0.15, 0.2) is 0 Å². The van der Waals surface area contributed by atoms with Crippen LogP contribution in [0, 0.1) is 0 Å². The molecule has 0 aliphatic carbocycles. The number of pyridine rings is 1. The third kappa shape index (κ3) is 4.72. The van der Waals surface area contributed by atoms with Crippen LogP contribution in [0.4, 0.5) is 17.1 Å². The van der Waals surface area contributed by atoms with E-state index in [4.69, 9.17) is 9.40 Å². The van der Waals surface area contributed by atoms with Crippen molar-refractivity contribution >= 4 is 71.4 Å². The summed E-state index contributed by atoms with van der Waals surface area (Å²) in [7, 11) is 0. The Morgan fingerprint density at radius 1 is 0.389 bits per heavy atom. The summed E-state index contributed by atoms with van der Waals surface area (Å²) in [5.41, 5.74) is 12.7. The Balaban J connectivity index is 1.12. The molecule has 0 unspecified atom stereocenters. The van der Waals surface area contributed by atoms with Crippen molar-refractivity contribution in [3.8, 4) is 33.4 Å². The maximum atomic E-state index is 6.60. The summed E-state index contributed by atoms with van der Waals surface area (Å²) < 4.78 is 6.60. The first-order valence-electron chi connectivity index (χ1n) is 18.4. The molecule has 0 amide bonds. The number of hydrogen-bond acceptors (Lipinski definition) is 3. The van der Waals surface area contributed by atoms with Crippen molar-refractivity contribution in [2.45, 2.75) is 0 Å². The molecule has 0 aliphatic heterocycles. The summed E-state index contributed by atoms with van der Waals surface area (Å²) >= 11 is 0. The van der Waals surface area contributed by atoms with Crippen molar-refractivity contribution in [1.82, 2.24) is 4.98 Å². The highest BCUT2D eigenvalue weighted by molar-refractivity contribution is 6.24. The van der Waals surface area contributed by atoms with E-state index >= 15 is 0 Å². The van der Waals surface area contributed by atoms with Gasteiger partial charge in [-0.25, -0.2) is 0 Å². The quantitative estimate of drug-likeness (QED) is 0.163. The SMILES string of the molecule is c1ccc(-c2ccccc2N(c2ccc(-c3ccc4ccc5cccc6cnc3c4c56)cc2)c2ccccc2-c2cccc3c2oc2ccccc23)cc1. The van der Waals surface area contributed by atoms with E-state index in [2.05, 4.69) is 181 Å². The molecule has 0 atom stereocenters. The molecule has 54 heavy (non-hydrogen) atoms. The lowest BCUT2D eigenvalue weighted by atomic mass is 9.93. The molecule has 252 valence electrons. The molecule has 0 bridgehead atoms. The van der Waals surface area contributed by atoms with Gasteiger partial charge < -0.3 is 9.32 Å². The van der Waals surface area contributed by atoms with Gasteiger partial charge in [0, 0.05) is 61.1 Å². The Hall–Kier alpha value is -7.23. The molecular formula is C51H32N2O. The van der Waals surface area contributed by atoms with E-state index in [9.17, 15) is 0 Å². The Bertz CT molecular complexity index is 3150. The van der Waals surface area contributed by atoms with E-state index in [-0.39, 0.29) is 0 Å². The zero-order valence-corrected chi connectivity index (χ0v) is 29.3. The standard InChI is InChI=1S/C51H32N2O/c1-2-12-33(13-3-1)39-16-4-7-21-45(39)53(46-22-8-5-17-41(46)43-19-11-20-44-42-18-6-9-23-47(42)54-51(43)44)38-29-26-34(27-30-38)40-31-28-36-25-24-35-14-10-15-37-32-52-50(40)49(36)48(35)37/h1-32H. The zero-order chi connectivity index (χ0) is 35.6. The summed E-state index contributed by atoms with van der Waals surface area (Å²) in [6.45, 7) is 0. The lowest BCUT2D eigenvalue weighted by Gasteiger charge is -2.30. The van der Waals surface area contributed by atoms with Crippen molar-refractivity contribution in [2.24, 2.45) is 0 Å². The van der Waals surface area contributed by atoms with E-state index in [1.807, 2.05) is 18.3 Å². The molecule has 3 heteroatoms. The predicted molar refractivity (Wildman–Crippen MR) is 226 cm³/mol. The van der Waals surface area contributed by atoms with Crippen LogP contribution >= 0.6 is 0 Å². The van der Waals surface area contributed by atoms with Gasteiger partial charge in [-0.15, -0.1) is 0 Å². The number of rotatable bonds is 6. The second-order valence-corrected chi connectivity index (χ2v) is 13.9. The van der Waals surface area contributed by atoms with Crippen LogP contribution in [0.15, 0.2) is 199 Å². The first-order valence-corrected chi connectivity index (χ1v) is 18.4. The highest BCUT2D eigenvalue weighted by Gasteiger charge is 2.23. The average Bonchev–Trinajstić information content (AvgIpc) is 3.63. The van der Waals surface area contributed by atoms with Gasteiger partial charge in [-0.3, -0.25) is 4.98 Å². The average molecular weight is 689 g/mol. The van der Waals surface area contributed by atoms with Crippen LogP contribution in [0.25, 0.3) is 87.8 Å². The molecule has 11 rings (SSSR count). The van der Waals surface area contributed by atoms with Crippen LogP contribution < -0.4 is 4.90 Å². The van der Waals surface area contributed by atoms with Gasteiger partial charge in [0.05, 0.1) is 16.9 Å². The summed E-state index contributed by atoms with van der Waals surface area (Å²) in [6.07, 6.45) is 2.02. The molecule has 2 heterocycles. The maximum absolute atomic E-state index is 6.60. The molecule has 3 nitrogen and oxygen atoms in total. The van der Waals surface area contributed by atoms with Crippen molar-refractivity contribution in [1.29, 1.82) is 0 Å². The van der Waals surface area contributed by atoms with Gasteiger partial charge in [0.1, 0.15) is 11.2 Å². The highest BCUT2D eigenvalue weighted by atomic mass is 16.3. The van der Waals surface area contributed by atoms with Crippen LogP contribution in [-0.2, 0) is 0 Å². The minimum atomic E-state index is 0.888. The molecule has 2 aromatic heterocycles. The minimum absolute atomic E-state index is 0.888. The fourth-order valence-electron chi connectivity index (χ4n) is 8.40. The van der Waals surface area contributed by atoms with Crippen molar-refractivity contribution in [3.63, 3.8) is 0 Å². The number of furan rings is 1. The monoisotopic (exact) mass is 688 g/mol. The lowest BCUT2D eigenvalue weighted by molar-refractivity contribution is 0.670. The summed E-state index contributed by atoms with van der Waals surface area (Å²) in [4.78, 5) is 7.45. The Labute approximate surface area is 312 Å². The molecule has 0 spiro atoms. The van der Waals surface area contributed by atoms with Crippen LogP contribution in [0.1, 0.15) is 0 Å². The van der Waals surface area contributed by atoms with Gasteiger partial charge >= 0.3 is 0 Å². The second kappa shape index (κ2) is 12.2. The van der Waals surface area contributed by atoms with Crippen LogP contribution in [0.3, 0.4) is 0 Å². The largest absolute Gasteiger partial charge is 0.455 e. The maximum Gasteiger partial charge on any atom is 0.143 e. The molecule has 11 aromatic rings. The Morgan fingerprint density at radius 2 is 1.00 bits per heavy atom. The number of nitrogens with zero attached hydrogens (tertiary/aromatic N) is 2. The fourth-order valence-corrected chi connectivity index (χ4v) is 8.40. The molecule has 0 saturated carbocycles. The van der Waals surface area contributed by atoms with Crippen molar-refractivity contribution < 1.29 is 4.42 Å². The van der Waals surface area contributed by atoms with Crippen molar-refractivity contribution in [2.75, 3.05) is 4.90 Å². The van der Waals surface area contributed by atoms with Gasteiger partial charge in [0.2, 0.25) is 0 Å². The van der Waals surface area contributed by atoms with E-state index in [0.717, 1.165) is 77.9 Å². The number of fused-ring (bicyclic) bond motifs is 3. The summed E-state index contributed by atoms with van der Waals surface area (Å²) in [6, 6.07) is 67.1. The lowest BCUT2D eigenvalue weighted by Crippen LogP contribution is -2.12. The topological polar surface area (TPSA) is 29.3 Å². The van der Waals surface area contributed by atoms with Crippen LogP contribution in [0.5, 0.6) is 0 Å². The summed E-state index contributed by atoms with van der Waals surface area (Å²) in [5, 5.41) is 8.35. The Kier molecular flexibility index (Phi) is 6.86. The van der Waals surface area contributed by atoms with Crippen LogP contribution in [0.2, 0.25) is 0 Å². The zero-order valence-electron chi connectivity index (χ0n) is 29.3. The minimum Gasteiger partial charge on any atom is -0.455 e. The highest BCUT2D eigenvalue weighted by Crippen LogP contribution is 2.47. The third-order valence-corrected chi connectivity index (χ3v) is 10.9. The molecule has 0 fully saturated rings. The van der Waals surface area contributed by atoms with E-state index < -0.39 is 0 Å². The van der Waals surface area contributed by atoms with E-state index in [1.165, 1.54) is 26.9 Å². The molecule has 9 aromatic carbocycles. The number of aromatic nitrogens is 1. The number of benzene rings is 9. The van der Waals surface area contributed by atoms with Gasteiger partial charge in [0.25, 0.3) is 0 Å². The number of para-hydroxylation sites is 4. The van der Waals surface area contributed by atoms with Gasteiger partial charge in [-0.05, 0) is 52.2 Å². The van der Waals surface area contributed by atoms with E-state index in [0.29, 0.717) is 0 Å². The first kappa shape index (κ1) is 30.4.